The second-order valence-corrected chi connectivity index (χ2v) is 6.18. The number of pyridine rings is 1. The van der Waals surface area contributed by atoms with Crippen LogP contribution >= 0.6 is 15.9 Å². The molecule has 1 heterocycles. The van der Waals surface area contributed by atoms with Gasteiger partial charge >= 0.3 is 0 Å². The van der Waals surface area contributed by atoms with Gasteiger partial charge in [-0.3, -0.25) is 4.21 Å². The minimum Gasteiger partial charge on any atom is -0.394 e. The van der Waals surface area contributed by atoms with E-state index in [0.717, 1.165) is 10.3 Å². The van der Waals surface area contributed by atoms with Crippen molar-refractivity contribution in [1.82, 2.24) is 10.3 Å². The minimum atomic E-state index is -0.780. The van der Waals surface area contributed by atoms with Crippen LogP contribution in [0.2, 0.25) is 0 Å². The summed E-state index contributed by atoms with van der Waals surface area (Å²) in [6, 6.07) is 5.36. The Labute approximate surface area is 112 Å². The topological polar surface area (TPSA) is 62.2 Å². The van der Waals surface area contributed by atoms with Crippen LogP contribution in [0.4, 0.5) is 0 Å². The van der Waals surface area contributed by atoms with E-state index in [1.54, 1.807) is 0 Å². The van der Waals surface area contributed by atoms with E-state index in [9.17, 15) is 9.32 Å². The molecule has 0 aliphatic carbocycles. The van der Waals surface area contributed by atoms with Crippen molar-refractivity contribution < 1.29 is 9.32 Å². The molecule has 96 valence electrons. The Hall–Kier alpha value is -0.300. The summed E-state index contributed by atoms with van der Waals surface area (Å²) in [6.07, 6.45) is 0. The molecule has 0 aliphatic rings. The standard InChI is InChI=1S/C11H17BrN2O2S/c1-2-17(16)7-6-13-10(8-15)9-4-3-5-11(12)14-9/h3-5,10,13,15H,2,6-8H2,1H3. The van der Waals surface area contributed by atoms with Crippen LogP contribution < -0.4 is 5.32 Å². The molecule has 0 spiro atoms. The Morgan fingerprint density at radius 1 is 1.59 bits per heavy atom. The highest BCUT2D eigenvalue weighted by Gasteiger charge is 2.11. The third kappa shape index (κ3) is 5.25. The number of nitrogens with zero attached hydrogens (tertiary/aromatic N) is 1. The molecule has 17 heavy (non-hydrogen) atoms. The molecule has 0 saturated heterocycles. The first kappa shape index (κ1) is 14.8. The van der Waals surface area contributed by atoms with Gasteiger partial charge in [0.25, 0.3) is 0 Å². The summed E-state index contributed by atoms with van der Waals surface area (Å²) in [6.45, 7) is 2.48. The highest BCUT2D eigenvalue weighted by molar-refractivity contribution is 9.10. The number of aliphatic hydroxyl groups excluding tert-OH is 1. The van der Waals surface area contributed by atoms with E-state index in [2.05, 4.69) is 26.2 Å². The summed E-state index contributed by atoms with van der Waals surface area (Å²) in [4.78, 5) is 4.28. The molecule has 0 bridgehead atoms. The van der Waals surface area contributed by atoms with Crippen molar-refractivity contribution in [3.63, 3.8) is 0 Å². The van der Waals surface area contributed by atoms with Crippen LogP contribution in [-0.4, -0.2) is 39.0 Å². The Bertz CT molecular complexity index is 376. The van der Waals surface area contributed by atoms with Crippen molar-refractivity contribution >= 4 is 26.7 Å². The lowest BCUT2D eigenvalue weighted by molar-refractivity contribution is 0.244. The SMILES string of the molecule is CCS(=O)CCNC(CO)c1cccc(Br)n1. The molecular weight excluding hydrogens is 304 g/mol. The van der Waals surface area contributed by atoms with Gasteiger partial charge < -0.3 is 10.4 Å². The second-order valence-electron chi connectivity index (χ2n) is 3.51. The predicted molar refractivity (Wildman–Crippen MR) is 73.3 cm³/mol. The summed E-state index contributed by atoms with van der Waals surface area (Å²) in [5.41, 5.74) is 0.782. The lowest BCUT2D eigenvalue weighted by atomic mass is 10.2. The van der Waals surface area contributed by atoms with Gasteiger partial charge in [-0.15, -0.1) is 0 Å². The zero-order valence-corrected chi connectivity index (χ0v) is 12.1. The fourth-order valence-corrected chi connectivity index (χ4v) is 2.36. The van der Waals surface area contributed by atoms with Gasteiger partial charge in [-0.2, -0.15) is 0 Å². The number of hydrogen-bond donors (Lipinski definition) is 2. The number of rotatable bonds is 7. The van der Waals surface area contributed by atoms with Crippen molar-refractivity contribution in [3.8, 4) is 0 Å². The average Bonchev–Trinajstić information content (AvgIpc) is 2.34. The Morgan fingerprint density at radius 2 is 2.35 bits per heavy atom. The third-order valence-electron chi connectivity index (χ3n) is 2.32. The lowest BCUT2D eigenvalue weighted by Gasteiger charge is -2.15. The fraction of sp³-hybridized carbons (Fsp3) is 0.545. The van der Waals surface area contributed by atoms with Crippen LogP contribution in [0.3, 0.4) is 0 Å². The van der Waals surface area contributed by atoms with Gasteiger partial charge in [0.05, 0.1) is 18.3 Å². The monoisotopic (exact) mass is 320 g/mol. The Balaban J connectivity index is 2.51. The first-order chi connectivity index (χ1) is 8.17. The molecule has 0 saturated carbocycles. The molecule has 0 amide bonds. The third-order valence-corrected chi connectivity index (χ3v) is 4.06. The van der Waals surface area contributed by atoms with E-state index < -0.39 is 10.8 Å². The van der Waals surface area contributed by atoms with Crippen LogP contribution in [-0.2, 0) is 10.8 Å². The van der Waals surface area contributed by atoms with Gasteiger partial charge in [-0.05, 0) is 28.1 Å². The summed E-state index contributed by atoms with van der Waals surface area (Å²) < 4.78 is 12.0. The van der Waals surface area contributed by atoms with Gasteiger partial charge in [0.2, 0.25) is 0 Å². The van der Waals surface area contributed by atoms with Crippen LogP contribution in [0.1, 0.15) is 18.7 Å². The first-order valence-electron chi connectivity index (χ1n) is 5.49. The van der Waals surface area contributed by atoms with E-state index in [-0.39, 0.29) is 12.6 Å². The maximum absolute atomic E-state index is 11.3. The summed E-state index contributed by atoms with van der Waals surface area (Å²) in [7, 11) is -0.780. The van der Waals surface area contributed by atoms with E-state index in [1.165, 1.54) is 0 Å². The fourth-order valence-electron chi connectivity index (χ4n) is 1.37. The Morgan fingerprint density at radius 3 is 2.94 bits per heavy atom. The van der Waals surface area contributed by atoms with E-state index in [1.807, 2.05) is 25.1 Å². The van der Waals surface area contributed by atoms with Crippen molar-refractivity contribution in [3.05, 3.63) is 28.5 Å². The Kier molecular flexibility index (Phi) is 6.87. The van der Waals surface area contributed by atoms with Crippen molar-refractivity contribution in [2.45, 2.75) is 13.0 Å². The molecule has 0 aromatic carbocycles. The van der Waals surface area contributed by atoms with Crippen LogP contribution in [0.25, 0.3) is 0 Å². The van der Waals surface area contributed by atoms with Gasteiger partial charge in [0.15, 0.2) is 0 Å². The molecule has 2 unspecified atom stereocenters. The zero-order valence-electron chi connectivity index (χ0n) is 9.73. The molecule has 0 radical (unpaired) electrons. The summed E-state index contributed by atoms with van der Waals surface area (Å²) in [5, 5.41) is 12.5. The second kappa shape index (κ2) is 7.92. The number of aliphatic hydroxyl groups is 1. The number of aromatic nitrogens is 1. The average molecular weight is 321 g/mol. The molecule has 0 aliphatic heterocycles. The predicted octanol–water partition coefficient (Wildman–Crippen LogP) is 1.24. The summed E-state index contributed by atoms with van der Waals surface area (Å²) in [5.74, 6) is 1.27. The maximum Gasteiger partial charge on any atom is 0.106 e. The van der Waals surface area contributed by atoms with Gasteiger partial charge in [-0.1, -0.05) is 13.0 Å². The largest absolute Gasteiger partial charge is 0.394 e. The van der Waals surface area contributed by atoms with Gasteiger partial charge in [0, 0.05) is 28.9 Å². The quantitative estimate of drug-likeness (QED) is 0.742. The van der Waals surface area contributed by atoms with Crippen LogP contribution in [0.15, 0.2) is 22.8 Å². The number of hydrogen-bond acceptors (Lipinski definition) is 4. The molecule has 0 fully saturated rings. The minimum absolute atomic E-state index is 0.0256. The van der Waals surface area contributed by atoms with Crippen LogP contribution in [0, 0.1) is 0 Å². The van der Waals surface area contributed by atoms with Gasteiger partial charge in [0.1, 0.15) is 4.60 Å². The van der Waals surface area contributed by atoms with Gasteiger partial charge in [-0.25, -0.2) is 4.98 Å². The van der Waals surface area contributed by atoms with Crippen LogP contribution in [0.5, 0.6) is 0 Å². The van der Waals surface area contributed by atoms with Crippen molar-refractivity contribution in [1.29, 1.82) is 0 Å². The molecule has 4 nitrogen and oxygen atoms in total. The smallest absolute Gasteiger partial charge is 0.106 e. The van der Waals surface area contributed by atoms with Crippen molar-refractivity contribution in [2.75, 3.05) is 24.7 Å². The summed E-state index contributed by atoms with van der Waals surface area (Å²) >= 11 is 3.29. The van der Waals surface area contributed by atoms with E-state index >= 15 is 0 Å². The molecule has 2 atom stereocenters. The van der Waals surface area contributed by atoms with E-state index in [4.69, 9.17) is 0 Å². The highest BCUT2D eigenvalue weighted by atomic mass is 79.9. The number of halogens is 1. The van der Waals surface area contributed by atoms with Crippen molar-refractivity contribution in [2.24, 2.45) is 0 Å². The molecule has 1 rings (SSSR count). The molecule has 1 aromatic rings. The molecule has 2 N–H and O–H groups in total. The zero-order chi connectivity index (χ0) is 12.7. The molecular formula is C11H17BrN2O2S. The van der Waals surface area contributed by atoms with E-state index in [0.29, 0.717) is 18.1 Å². The molecule has 6 heteroatoms. The normalized spacial score (nSPS) is 14.5. The lowest BCUT2D eigenvalue weighted by Crippen LogP contribution is -2.29. The highest BCUT2D eigenvalue weighted by Crippen LogP contribution is 2.13. The first-order valence-corrected chi connectivity index (χ1v) is 7.77. The maximum atomic E-state index is 11.3. The molecule has 1 aromatic heterocycles. The number of nitrogens with one attached hydrogen (secondary N) is 1.